The van der Waals surface area contributed by atoms with Crippen molar-refractivity contribution in [1.29, 1.82) is 0 Å². The molecule has 3 aliphatic heterocycles. The lowest BCUT2D eigenvalue weighted by Crippen LogP contribution is -2.52. The van der Waals surface area contributed by atoms with Gasteiger partial charge >= 0.3 is 0 Å². The molecule has 2 aromatic rings. The van der Waals surface area contributed by atoms with Gasteiger partial charge in [-0.3, -0.25) is 9.69 Å². The van der Waals surface area contributed by atoms with E-state index in [0.717, 1.165) is 17.1 Å². The molecule has 7 heteroatoms. The van der Waals surface area contributed by atoms with Crippen LogP contribution in [0.2, 0.25) is 0 Å². The molecule has 1 amide bonds. The molecule has 0 aliphatic carbocycles. The highest BCUT2D eigenvalue weighted by atomic mass is 79.9. The lowest BCUT2D eigenvalue weighted by atomic mass is 9.78. The third-order valence-electron chi connectivity index (χ3n) is 6.34. The van der Waals surface area contributed by atoms with E-state index in [-0.39, 0.29) is 22.6 Å². The van der Waals surface area contributed by atoms with E-state index in [4.69, 9.17) is 11.6 Å². The number of halogens is 2. The van der Waals surface area contributed by atoms with Gasteiger partial charge in [0, 0.05) is 41.4 Å². The lowest BCUT2D eigenvalue weighted by Gasteiger charge is -2.41. The minimum absolute atomic E-state index is 0.0824. The summed E-state index contributed by atoms with van der Waals surface area (Å²) in [4.78, 5) is 22.6. The smallest absolute Gasteiger partial charge is 0.229 e. The zero-order valence-corrected chi connectivity index (χ0v) is 17.4. The van der Waals surface area contributed by atoms with Crippen molar-refractivity contribution >= 4 is 45.2 Å². The molecule has 1 aromatic carbocycles. The maximum atomic E-state index is 12.9. The molecular weight excluding hydrogens is 428 g/mol. The molecule has 3 atom stereocenters. The summed E-state index contributed by atoms with van der Waals surface area (Å²) in [5, 5.41) is 3.46. The third kappa shape index (κ3) is 2.29. The van der Waals surface area contributed by atoms with Gasteiger partial charge in [0.15, 0.2) is 4.73 Å². The normalized spacial score (nSPS) is 30.5. The maximum absolute atomic E-state index is 12.9. The zero-order chi connectivity index (χ0) is 19.0. The van der Waals surface area contributed by atoms with E-state index in [1.807, 2.05) is 29.3 Å². The Morgan fingerprint density at radius 2 is 2.11 bits per heavy atom. The topological polar surface area (TPSA) is 61.0 Å². The number of aromatic amines is 1. The fraction of sp³-hybridized carbons (Fsp3) is 0.400. The van der Waals surface area contributed by atoms with Crippen LogP contribution in [0.15, 0.2) is 35.2 Å². The molecule has 1 saturated heterocycles. The van der Waals surface area contributed by atoms with E-state index in [1.165, 1.54) is 5.56 Å². The number of nitrogens with one attached hydrogen (secondary N) is 2. The monoisotopic (exact) mass is 446 g/mol. The summed E-state index contributed by atoms with van der Waals surface area (Å²) >= 11 is 10.5. The largest absolute Gasteiger partial charge is 0.362 e. The minimum atomic E-state index is -0.540. The fourth-order valence-electron chi connectivity index (χ4n) is 4.80. The van der Waals surface area contributed by atoms with Crippen LogP contribution in [0.25, 0.3) is 6.08 Å². The summed E-state index contributed by atoms with van der Waals surface area (Å²) in [7, 11) is 0. The molecular formula is C20H20BrClN4O. The Morgan fingerprint density at radius 1 is 1.33 bits per heavy atom. The standard InChI is InChI=1S/C20H20BrClN4O/c1-19(2)15(22)10-20-12(11-5-3-4-6-13(11)25-20)9-16(27)26(20)8-7-14-17(19)24-18(21)23-14/h3-8,12,15,25H,9-10H2,1-2H3,(H,23,24). The number of rotatable bonds is 0. The number of para-hydroxylation sites is 1. The van der Waals surface area contributed by atoms with E-state index in [0.29, 0.717) is 17.6 Å². The number of anilines is 1. The highest BCUT2D eigenvalue weighted by molar-refractivity contribution is 9.10. The Balaban J connectivity index is 1.69. The Hall–Kier alpha value is -1.79. The number of hydrogen-bond acceptors (Lipinski definition) is 3. The number of hydrogen-bond donors (Lipinski definition) is 2. The van der Waals surface area contributed by atoms with Crippen molar-refractivity contribution in [3.05, 3.63) is 52.2 Å². The Kier molecular flexibility index (Phi) is 3.60. The van der Waals surface area contributed by atoms with Gasteiger partial charge in [0.2, 0.25) is 5.91 Å². The van der Waals surface area contributed by atoms with Crippen LogP contribution in [0.3, 0.4) is 0 Å². The van der Waals surface area contributed by atoms with Crippen LogP contribution < -0.4 is 5.32 Å². The van der Waals surface area contributed by atoms with Crippen molar-refractivity contribution < 1.29 is 4.79 Å². The molecule has 2 N–H and O–H groups in total. The Morgan fingerprint density at radius 3 is 2.93 bits per heavy atom. The third-order valence-corrected chi connectivity index (χ3v) is 7.42. The summed E-state index contributed by atoms with van der Waals surface area (Å²) < 4.78 is 0.668. The van der Waals surface area contributed by atoms with E-state index in [1.54, 1.807) is 0 Å². The predicted octanol–water partition coefficient (Wildman–Crippen LogP) is 4.57. The molecule has 1 spiro atoms. The minimum Gasteiger partial charge on any atom is -0.362 e. The van der Waals surface area contributed by atoms with Gasteiger partial charge < -0.3 is 10.3 Å². The first kappa shape index (κ1) is 17.3. The molecule has 0 bridgehead atoms. The summed E-state index contributed by atoms with van der Waals surface area (Å²) in [6, 6.07) is 8.25. The van der Waals surface area contributed by atoms with E-state index in [9.17, 15) is 4.79 Å². The highest BCUT2D eigenvalue weighted by Gasteiger charge is 2.59. The zero-order valence-electron chi connectivity index (χ0n) is 15.1. The number of fused-ring (bicyclic) bond motifs is 3. The fourth-order valence-corrected chi connectivity index (χ4v) is 5.53. The molecule has 0 saturated carbocycles. The lowest BCUT2D eigenvalue weighted by molar-refractivity contribution is -0.127. The molecule has 4 heterocycles. The van der Waals surface area contributed by atoms with Crippen molar-refractivity contribution in [1.82, 2.24) is 14.9 Å². The maximum Gasteiger partial charge on any atom is 0.229 e. The summed E-state index contributed by atoms with van der Waals surface area (Å²) in [6.45, 7) is 4.25. The van der Waals surface area contributed by atoms with Gasteiger partial charge in [-0.05, 0) is 33.6 Å². The second-order valence-electron chi connectivity index (χ2n) is 8.15. The van der Waals surface area contributed by atoms with E-state index < -0.39 is 5.66 Å². The second kappa shape index (κ2) is 5.61. The highest BCUT2D eigenvalue weighted by Crippen LogP contribution is 2.55. The quantitative estimate of drug-likeness (QED) is 0.582. The molecule has 140 valence electrons. The molecule has 27 heavy (non-hydrogen) atoms. The number of nitrogens with zero attached hydrogens (tertiary/aromatic N) is 2. The summed E-state index contributed by atoms with van der Waals surface area (Å²) in [5.41, 5.74) is 3.18. The number of aromatic nitrogens is 2. The molecule has 0 radical (unpaired) electrons. The summed E-state index contributed by atoms with van der Waals surface area (Å²) in [6.07, 6.45) is 4.90. The van der Waals surface area contributed by atoms with Crippen molar-refractivity contribution in [2.75, 3.05) is 5.32 Å². The van der Waals surface area contributed by atoms with Crippen LogP contribution in [-0.4, -0.2) is 31.8 Å². The Labute approximate surface area is 171 Å². The number of carbonyl (C=O) groups excluding carboxylic acids is 1. The molecule has 5 rings (SSSR count). The van der Waals surface area contributed by atoms with Crippen LogP contribution in [0.5, 0.6) is 0 Å². The summed E-state index contributed by atoms with van der Waals surface area (Å²) in [5.74, 6) is 0.192. The van der Waals surface area contributed by atoms with Gasteiger partial charge in [0.25, 0.3) is 0 Å². The van der Waals surface area contributed by atoms with Crippen molar-refractivity contribution in [2.45, 2.75) is 49.1 Å². The molecule has 5 nitrogen and oxygen atoms in total. The van der Waals surface area contributed by atoms with Crippen LogP contribution >= 0.6 is 27.5 Å². The van der Waals surface area contributed by atoms with Gasteiger partial charge in [-0.15, -0.1) is 11.6 Å². The predicted molar refractivity (Wildman–Crippen MR) is 110 cm³/mol. The average molecular weight is 448 g/mol. The Bertz CT molecular complexity index is 984. The van der Waals surface area contributed by atoms with E-state index >= 15 is 0 Å². The van der Waals surface area contributed by atoms with Crippen molar-refractivity contribution in [3.63, 3.8) is 0 Å². The van der Waals surface area contributed by atoms with Crippen LogP contribution in [0.1, 0.15) is 49.6 Å². The molecule has 1 aromatic heterocycles. The number of carbonyl (C=O) groups is 1. The van der Waals surface area contributed by atoms with Gasteiger partial charge in [-0.25, -0.2) is 4.98 Å². The molecule has 1 fully saturated rings. The first-order valence-corrected chi connectivity index (χ1v) is 10.3. The van der Waals surface area contributed by atoms with Gasteiger partial charge in [0.1, 0.15) is 5.66 Å². The van der Waals surface area contributed by atoms with Gasteiger partial charge in [-0.1, -0.05) is 32.0 Å². The van der Waals surface area contributed by atoms with Crippen LogP contribution in [0.4, 0.5) is 5.69 Å². The first-order valence-electron chi connectivity index (χ1n) is 9.10. The van der Waals surface area contributed by atoms with Crippen LogP contribution in [0, 0.1) is 0 Å². The number of alkyl halides is 1. The van der Waals surface area contributed by atoms with Crippen molar-refractivity contribution in [3.8, 4) is 0 Å². The first-order chi connectivity index (χ1) is 12.8. The number of benzene rings is 1. The number of H-pyrrole nitrogens is 1. The van der Waals surface area contributed by atoms with Gasteiger partial charge in [-0.2, -0.15) is 0 Å². The van der Waals surface area contributed by atoms with Crippen LogP contribution in [-0.2, 0) is 10.2 Å². The van der Waals surface area contributed by atoms with Gasteiger partial charge in [0.05, 0.1) is 11.4 Å². The number of imidazole rings is 1. The second-order valence-corrected chi connectivity index (χ2v) is 9.43. The average Bonchev–Trinajstić information content (AvgIpc) is 3.21. The van der Waals surface area contributed by atoms with E-state index in [2.05, 4.69) is 57.2 Å². The molecule has 3 unspecified atom stereocenters. The molecule has 3 aliphatic rings. The van der Waals surface area contributed by atoms with Crippen molar-refractivity contribution in [2.24, 2.45) is 0 Å². The number of amides is 1. The SMILES string of the molecule is CC1(C)c2[nH]c(Br)nc2C=CN2C(=O)CC3c4ccccc4NC32CC1Cl.